The fourth-order valence-electron chi connectivity index (χ4n) is 1.72. The van der Waals surface area contributed by atoms with Crippen LogP contribution in [0.15, 0.2) is 16.6 Å². The van der Waals surface area contributed by atoms with Crippen molar-refractivity contribution in [2.75, 3.05) is 20.3 Å². The van der Waals surface area contributed by atoms with Gasteiger partial charge in [-0.15, -0.1) is 0 Å². The summed E-state index contributed by atoms with van der Waals surface area (Å²) >= 11 is 3.52. The van der Waals surface area contributed by atoms with Gasteiger partial charge in [0.25, 0.3) is 0 Å². The molecule has 0 atom stereocenters. The number of halogens is 1. The van der Waals surface area contributed by atoms with E-state index in [1.807, 2.05) is 12.1 Å². The van der Waals surface area contributed by atoms with E-state index < -0.39 is 0 Å². The van der Waals surface area contributed by atoms with Crippen LogP contribution in [-0.4, -0.2) is 20.3 Å². The van der Waals surface area contributed by atoms with Crippen molar-refractivity contribution >= 4 is 15.9 Å². The molecule has 1 aromatic rings. The molecular weight excluding hydrogens is 298 g/mol. The molecular formula is C13H18BrNO3. The molecule has 1 aliphatic rings. The monoisotopic (exact) mass is 315 g/mol. The molecule has 4 nitrogen and oxygen atoms in total. The quantitative estimate of drug-likeness (QED) is 0.786. The Morgan fingerprint density at radius 2 is 2.17 bits per heavy atom. The van der Waals surface area contributed by atoms with E-state index in [0.29, 0.717) is 12.5 Å². The van der Waals surface area contributed by atoms with E-state index in [2.05, 4.69) is 20.8 Å². The van der Waals surface area contributed by atoms with Crippen LogP contribution in [0.3, 0.4) is 0 Å². The SMILES string of the molecule is COc1cc(CCON)cc(Br)c1OCC1CC1. The molecule has 0 unspecified atom stereocenters. The predicted molar refractivity (Wildman–Crippen MR) is 72.8 cm³/mol. The second kappa shape index (κ2) is 6.41. The zero-order valence-corrected chi connectivity index (χ0v) is 12.0. The van der Waals surface area contributed by atoms with Crippen LogP contribution in [-0.2, 0) is 11.3 Å². The lowest BCUT2D eigenvalue weighted by Gasteiger charge is -2.14. The number of hydrogen-bond acceptors (Lipinski definition) is 4. The highest BCUT2D eigenvalue weighted by Crippen LogP contribution is 2.38. The highest BCUT2D eigenvalue weighted by molar-refractivity contribution is 9.10. The average molecular weight is 316 g/mol. The number of rotatable bonds is 7. The summed E-state index contributed by atoms with van der Waals surface area (Å²) in [4.78, 5) is 4.59. The minimum atomic E-state index is 0.484. The van der Waals surface area contributed by atoms with Gasteiger partial charge in [-0.25, -0.2) is 5.90 Å². The summed E-state index contributed by atoms with van der Waals surface area (Å²) in [5.74, 6) is 7.28. The zero-order chi connectivity index (χ0) is 13.0. The fraction of sp³-hybridized carbons (Fsp3) is 0.538. The zero-order valence-electron chi connectivity index (χ0n) is 10.4. The van der Waals surface area contributed by atoms with E-state index in [-0.39, 0.29) is 0 Å². The van der Waals surface area contributed by atoms with Crippen molar-refractivity contribution in [2.24, 2.45) is 11.8 Å². The third kappa shape index (κ3) is 3.60. The normalized spacial score (nSPS) is 14.6. The van der Waals surface area contributed by atoms with Crippen LogP contribution in [0.1, 0.15) is 18.4 Å². The van der Waals surface area contributed by atoms with Gasteiger partial charge in [-0.3, -0.25) is 0 Å². The second-order valence-corrected chi connectivity index (χ2v) is 5.34. The molecule has 0 spiro atoms. The molecule has 0 saturated heterocycles. The molecule has 1 saturated carbocycles. The summed E-state index contributed by atoms with van der Waals surface area (Å²) in [6.07, 6.45) is 3.28. The van der Waals surface area contributed by atoms with Crippen molar-refractivity contribution in [1.82, 2.24) is 0 Å². The van der Waals surface area contributed by atoms with Crippen molar-refractivity contribution in [3.8, 4) is 11.5 Å². The van der Waals surface area contributed by atoms with Crippen LogP contribution in [0.4, 0.5) is 0 Å². The van der Waals surface area contributed by atoms with Crippen molar-refractivity contribution < 1.29 is 14.3 Å². The standard InChI is InChI=1S/C13H18BrNO3/c1-16-12-7-10(4-5-18-15)6-11(14)13(12)17-8-9-2-3-9/h6-7,9H,2-5,8,15H2,1H3. The van der Waals surface area contributed by atoms with Crippen LogP contribution in [0.5, 0.6) is 11.5 Å². The van der Waals surface area contributed by atoms with Crippen molar-refractivity contribution in [3.63, 3.8) is 0 Å². The van der Waals surface area contributed by atoms with Crippen LogP contribution < -0.4 is 15.4 Å². The van der Waals surface area contributed by atoms with E-state index in [1.54, 1.807) is 7.11 Å². The van der Waals surface area contributed by atoms with E-state index in [4.69, 9.17) is 15.4 Å². The molecule has 18 heavy (non-hydrogen) atoms. The van der Waals surface area contributed by atoms with Crippen molar-refractivity contribution in [2.45, 2.75) is 19.3 Å². The summed E-state index contributed by atoms with van der Waals surface area (Å²) in [7, 11) is 1.65. The lowest BCUT2D eigenvalue weighted by atomic mass is 10.1. The topological polar surface area (TPSA) is 53.7 Å². The van der Waals surface area contributed by atoms with Crippen LogP contribution >= 0.6 is 15.9 Å². The molecule has 5 heteroatoms. The molecule has 1 fully saturated rings. The first-order valence-electron chi connectivity index (χ1n) is 6.05. The van der Waals surface area contributed by atoms with Gasteiger partial charge in [0.2, 0.25) is 0 Å². The highest BCUT2D eigenvalue weighted by atomic mass is 79.9. The molecule has 0 bridgehead atoms. The average Bonchev–Trinajstić information content (AvgIpc) is 3.18. The number of benzene rings is 1. The predicted octanol–water partition coefficient (Wildman–Crippen LogP) is 2.68. The first-order valence-corrected chi connectivity index (χ1v) is 6.84. The van der Waals surface area contributed by atoms with Crippen molar-refractivity contribution in [3.05, 3.63) is 22.2 Å². The van der Waals surface area contributed by atoms with E-state index in [9.17, 15) is 0 Å². The summed E-state index contributed by atoms with van der Waals surface area (Å²) < 4.78 is 12.1. The number of methoxy groups -OCH3 is 1. The Morgan fingerprint density at radius 3 is 2.78 bits per heavy atom. The van der Waals surface area contributed by atoms with E-state index in [0.717, 1.165) is 34.6 Å². The Labute approximate surface area is 115 Å². The molecule has 0 amide bonds. The maximum Gasteiger partial charge on any atom is 0.175 e. The van der Waals surface area contributed by atoms with Gasteiger partial charge in [-0.1, -0.05) is 0 Å². The lowest BCUT2D eigenvalue weighted by molar-refractivity contribution is 0.141. The van der Waals surface area contributed by atoms with Gasteiger partial charge in [-0.2, -0.15) is 0 Å². The summed E-state index contributed by atoms with van der Waals surface area (Å²) in [6.45, 7) is 1.25. The molecule has 100 valence electrons. The van der Waals surface area contributed by atoms with Gasteiger partial charge in [0.1, 0.15) is 0 Å². The molecule has 0 aliphatic heterocycles. The molecule has 2 rings (SSSR count). The minimum absolute atomic E-state index is 0.484. The summed E-state index contributed by atoms with van der Waals surface area (Å²) in [5, 5.41) is 0. The first kappa shape index (κ1) is 13.6. The van der Waals surface area contributed by atoms with Gasteiger partial charge in [-0.05, 0) is 58.8 Å². The van der Waals surface area contributed by atoms with E-state index >= 15 is 0 Å². The Balaban J connectivity index is 2.11. The summed E-state index contributed by atoms with van der Waals surface area (Å²) in [6, 6.07) is 3.98. The van der Waals surface area contributed by atoms with Crippen LogP contribution in [0, 0.1) is 5.92 Å². The largest absolute Gasteiger partial charge is 0.493 e. The molecule has 0 radical (unpaired) electrons. The van der Waals surface area contributed by atoms with Crippen LogP contribution in [0.25, 0.3) is 0 Å². The minimum Gasteiger partial charge on any atom is -0.493 e. The lowest BCUT2D eigenvalue weighted by Crippen LogP contribution is -2.05. The third-order valence-corrected chi connectivity index (χ3v) is 3.55. The van der Waals surface area contributed by atoms with Gasteiger partial charge in [0.15, 0.2) is 11.5 Å². The molecule has 1 aromatic carbocycles. The maximum atomic E-state index is 5.81. The Kier molecular flexibility index (Phi) is 4.86. The van der Waals surface area contributed by atoms with E-state index in [1.165, 1.54) is 12.8 Å². The van der Waals surface area contributed by atoms with Gasteiger partial charge < -0.3 is 14.3 Å². The Hall–Kier alpha value is -0.780. The number of hydrogen-bond donors (Lipinski definition) is 1. The van der Waals surface area contributed by atoms with Crippen molar-refractivity contribution in [1.29, 1.82) is 0 Å². The Bertz CT molecular complexity index is 407. The molecule has 2 N–H and O–H groups in total. The molecule has 1 aliphatic carbocycles. The number of ether oxygens (including phenoxy) is 2. The second-order valence-electron chi connectivity index (χ2n) is 4.48. The molecule has 0 heterocycles. The number of nitrogens with two attached hydrogens (primary N) is 1. The fourth-order valence-corrected chi connectivity index (χ4v) is 2.32. The Morgan fingerprint density at radius 1 is 1.39 bits per heavy atom. The van der Waals surface area contributed by atoms with Gasteiger partial charge in [0.05, 0.1) is 24.8 Å². The van der Waals surface area contributed by atoms with Crippen LogP contribution in [0.2, 0.25) is 0 Å². The summed E-state index contributed by atoms with van der Waals surface area (Å²) in [5.41, 5.74) is 1.10. The third-order valence-electron chi connectivity index (χ3n) is 2.96. The maximum absolute atomic E-state index is 5.81. The highest BCUT2D eigenvalue weighted by Gasteiger charge is 2.23. The van der Waals surface area contributed by atoms with Gasteiger partial charge >= 0.3 is 0 Å². The van der Waals surface area contributed by atoms with Gasteiger partial charge in [0, 0.05) is 0 Å². The molecule has 0 aromatic heterocycles. The smallest absolute Gasteiger partial charge is 0.175 e. The first-order chi connectivity index (χ1) is 8.74.